The minimum absolute atomic E-state index is 0.0206. The van der Waals surface area contributed by atoms with Crippen LogP contribution in [0, 0.1) is 0 Å². The van der Waals surface area contributed by atoms with Crippen molar-refractivity contribution >= 4 is 46.7 Å². The second kappa shape index (κ2) is 7.01. The van der Waals surface area contributed by atoms with Crippen molar-refractivity contribution in [2.75, 3.05) is 7.11 Å². The van der Waals surface area contributed by atoms with Gasteiger partial charge in [-0.05, 0) is 36.4 Å². The molecule has 0 saturated heterocycles. The van der Waals surface area contributed by atoms with Gasteiger partial charge in [-0.15, -0.1) is 0 Å². The van der Waals surface area contributed by atoms with E-state index < -0.39 is 11.9 Å². The minimum Gasteiger partial charge on any atom is -0.465 e. The van der Waals surface area contributed by atoms with Crippen LogP contribution in [-0.2, 0) is 4.74 Å². The maximum absolute atomic E-state index is 12.2. The first-order valence-corrected chi connectivity index (χ1v) is 7.11. The summed E-state index contributed by atoms with van der Waals surface area (Å²) in [6.45, 7) is 0. The Morgan fingerprint density at radius 2 is 1.50 bits per heavy atom. The second-order valence-electron chi connectivity index (χ2n) is 4.15. The van der Waals surface area contributed by atoms with Crippen molar-refractivity contribution in [1.82, 2.24) is 0 Å². The Morgan fingerprint density at radius 1 is 0.864 bits per heavy atom. The highest BCUT2D eigenvalue weighted by molar-refractivity contribution is 6.36. The number of esters is 2. The smallest absolute Gasteiger partial charge is 0.345 e. The number of ether oxygens (including phenoxy) is 2. The zero-order valence-electron chi connectivity index (χ0n) is 11.2. The summed E-state index contributed by atoms with van der Waals surface area (Å²) >= 11 is 17.5. The van der Waals surface area contributed by atoms with Crippen molar-refractivity contribution in [2.24, 2.45) is 0 Å². The molecule has 0 aliphatic rings. The topological polar surface area (TPSA) is 52.6 Å². The lowest BCUT2D eigenvalue weighted by molar-refractivity contribution is 0.0593. The molecule has 0 amide bonds. The molecule has 7 heteroatoms. The van der Waals surface area contributed by atoms with Crippen LogP contribution < -0.4 is 4.74 Å². The van der Waals surface area contributed by atoms with Gasteiger partial charge in [0.2, 0.25) is 0 Å². The van der Waals surface area contributed by atoms with Crippen molar-refractivity contribution in [1.29, 1.82) is 0 Å². The van der Waals surface area contributed by atoms with Gasteiger partial charge in [0.05, 0.1) is 17.7 Å². The summed E-state index contributed by atoms with van der Waals surface area (Å²) < 4.78 is 9.83. The van der Waals surface area contributed by atoms with Gasteiger partial charge in [0, 0.05) is 10.0 Å². The highest BCUT2D eigenvalue weighted by Crippen LogP contribution is 2.27. The largest absolute Gasteiger partial charge is 0.465 e. The minimum atomic E-state index is -0.728. The van der Waals surface area contributed by atoms with Crippen molar-refractivity contribution in [3.05, 3.63) is 62.6 Å². The van der Waals surface area contributed by atoms with Gasteiger partial charge in [-0.3, -0.25) is 0 Å². The highest BCUT2D eigenvalue weighted by Gasteiger charge is 2.19. The Labute approximate surface area is 141 Å². The lowest BCUT2D eigenvalue weighted by Crippen LogP contribution is -2.12. The van der Waals surface area contributed by atoms with Crippen molar-refractivity contribution in [3.8, 4) is 5.75 Å². The first kappa shape index (κ1) is 16.6. The average molecular weight is 360 g/mol. The lowest BCUT2D eigenvalue weighted by Gasteiger charge is -2.10. The molecule has 0 heterocycles. The van der Waals surface area contributed by atoms with Gasteiger partial charge in [-0.2, -0.15) is 0 Å². The van der Waals surface area contributed by atoms with Crippen LogP contribution in [0.2, 0.25) is 15.1 Å². The molecule has 0 atom stereocenters. The molecule has 0 aliphatic heterocycles. The Bertz CT molecular complexity index is 744. The van der Waals surface area contributed by atoms with Gasteiger partial charge < -0.3 is 9.47 Å². The van der Waals surface area contributed by atoms with E-state index in [4.69, 9.17) is 39.5 Å². The SMILES string of the molecule is COC(=O)c1cc(Cl)ccc1OC(=O)c1ccc(Cl)cc1Cl. The van der Waals surface area contributed by atoms with Crippen molar-refractivity contribution in [2.45, 2.75) is 0 Å². The summed E-state index contributed by atoms with van der Waals surface area (Å²) in [5.74, 6) is -1.38. The van der Waals surface area contributed by atoms with E-state index in [1.165, 1.54) is 43.5 Å². The van der Waals surface area contributed by atoms with E-state index in [9.17, 15) is 9.59 Å². The monoisotopic (exact) mass is 358 g/mol. The Hall–Kier alpha value is -1.75. The summed E-state index contributed by atoms with van der Waals surface area (Å²) in [5, 5.41) is 0.846. The molecule has 0 spiro atoms. The lowest BCUT2D eigenvalue weighted by atomic mass is 10.2. The number of carbonyl (C=O) groups excluding carboxylic acids is 2. The highest BCUT2D eigenvalue weighted by atomic mass is 35.5. The molecule has 0 N–H and O–H groups in total. The number of hydrogen-bond acceptors (Lipinski definition) is 4. The molecule has 0 bridgehead atoms. The molecule has 2 aromatic carbocycles. The van der Waals surface area contributed by atoms with Gasteiger partial charge in [-0.1, -0.05) is 34.8 Å². The number of halogens is 3. The van der Waals surface area contributed by atoms with Crippen molar-refractivity contribution in [3.63, 3.8) is 0 Å². The molecule has 22 heavy (non-hydrogen) atoms. The first-order valence-electron chi connectivity index (χ1n) is 5.97. The third-order valence-corrected chi connectivity index (χ3v) is 3.48. The van der Waals surface area contributed by atoms with Gasteiger partial charge in [0.25, 0.3) is 0 Å². The fourth-order valence-electron chi connectivity index (χ4n) is 1.67. The molecule has 2 rings (SSSR count). The molecule has 0 radical (unpaired) electrons. The Morgan fingerprint density at radius 3 is 2.14 bits per heavy atom. The van der Waals surface area contributed by atoms with E-state index in [0.29, 0.717) is 10.0 Å². The molecular weight excluding hydrogens is 351 g/mol. The maximum atomic E-state index is 12.2. The maximum Gasteiger partial charge on any atom is 0.345 e. The average Bonchev–Trinajstić information content (AvgIpc) is 2.48. The van der Waals surface area contributed by atoms with Crippen LogP contribution in [0.25, 0.3) is 0 Å². The van der Waals surface area contributed by atoms with Crippen LogP contribution in [0.1, 0.15) is 20.7 Å². The quantitative estimate of drug-likeness (QED) is 0.591. The third-order valence-electron chi connectivity index (χ3n) is 2.70. The number of benzene rings is 2. The zero-order valence-corrected chi connectivity index (χ0v) is 13.5. The molecule has 114 valence electrons. The van der Waals surface area contributed by atoms with Crippen LogP contribution >= 0.6 is 34.8 Å². The summed E-state index contributed by atoms with van der Waals surface area (Å²) in [5.41, 5.74) is 0.158. The molecule has 2 aromatic rings. The third kappa shape index (κ3) is 3.71. The fraction of sp³-hybridized carbons (Fsp3) is 0.0667. The van der Waals surface area contributed by atoms with Gasteiger partial charge >= 0.3 is 11.9 Å². The number of rotatable bonds is 3. The summed E-state index contributed by atoms with van der Waals surface area (Å²) in [7, 11) is 1.21. The number of hydrogen-bond donors (Lipinski definition) is 0. The fourth-order valence-corrected chi connectivity index (χ4v) is 2.33. The number of methoxy groups -OCH3 is 1. The van der Waals surface area contributed by atoms with Crippen LogP contribution in [0.4, 0.5) is 0 Å². The zero-order chi connectivity index (χ0) is 16.3. The molecule has 0 fully saturated rings. The predicted molar refractivity (Wildman–Crippen MR) is 84.2 cm³/mol. The molecule has 0 aromatic heterocycles. The van der Waals surface area contributed by atoms with Crippen LogP contribution in [-0.4, -0.2) is 19.0 Å². The normalized spacial score (nSPS) is 10.2. The summed E-state index contributed by atoms with van der Waals surface area (Å²) in [6.07, 6.45) is 0. The standard InChI is InChI=1S/C15H9Cl3O4/c1-21-14(19)11-6-8(16)3-5-13(11)22-15(20)10-4-2-9(17)7-12(10)18/h2-7H,1H3. The van der Waals surface area contributed by atoms with E-state index in [1.54, 1.807) is 0 Å². The predicted octanol–water partition coefficient (Wildman–Crippen LogP) is 4.65. The van der Waals surface area contributed by atoms with Crippen LogP contribution in [0.5, 0.6) is 5.75 Å². The second-order valence-corrected chi connectivity index (χ2v) is 5.43. The van der Waals surface area contributed by atoms with Crippen LogP contribution in [0.3, 0.4) is 0 Å². The van der Waals surface area contributed by atoms with E-state index in [0.717, 1.165) is 0 Å². The van der Waals surface area contributed by atoms with Gasteiger partial charge in [-0.25, -0.2) is 9.59 Å². The van der Waals surface area contributed by atoms with E-state index in [1.807, 2.05) is 0 Å². The van der Waals surface area contributed by atoms with Crippen molar-refractivity contribution < 1.29 is 19.1 Å². The molecule has 0 unspecified atom stereocenters. The van der Waals surface area contributed by atoms with Gasteiger partial charge in [0.1, 0.15) is 11.3 Å². The molecular formula is C15H9Cl3O4. The van der Waals surface area contributed by atoms with Crippen LogP contribution in [0.15, 0.2) is 36.4 Å². The van der Waals surface area contributed by atoms with E-state index in [-0.39, 0.29) is 21.9 Å². The molecule has 4 nitrogen and oxygen atoms in total. The molecule has 0 aliphatic carbocycles. The summed E-state index contributed by atoms with van der Waals surface area (Å²) in [4.78, 5) is 23.9. The number of carbonyl (C=O) groups is 2. The van der Waals surface area contributed by atoms with E-state index in [2.05, 4.69) is 4.74 Å². The Kier molecular flexibility index (Phi) is 5.29. The Balaban J connectivity index is 2.34. The molecule has 0 saturated carbocycles. The summed E-state index contributed by atoms with van der Waals surface area (Å²) in [6, 6.07) is 8.59. The van der Waals surface area contributed by atoms with E-state index >= 15 is 0 Å². The van der Waals surface area contributed by atoms with Gasteiger partial charge in [0.15, 0.2) is 0 Å². The first-order chi connectivity index (χ1) is 10.4.